The monoisotopic (exact) mass is 352 g/mol. The molecule has 0 spiro atoms. The fraction of sp³-hybridized carbons (Fsp3) is 0.222. The lowest BCUT2D eigenvalue weighted by Gasteiger charge is -2.19. The molecule has 4 rings (SSSR count). The van der Waals surface area contributed by atoms with Gasteiger partial charge < -0.3 is 16.0 Å². The van der Waals surface area contributed by atoms with Gasteiger partial charge in [0.15, 0.2) is 5.13 Å². The number of aromatic nitrogens is 3. The number of fused-ring (bicyclic) bond motifs is 1. The van der Waals surface area contributed by atoms with Crippen molar-refractivity contribution in [3.63, 3.8) is 0 Å². The molecule has 1 aliphatic rings. The van der Waals surface area contributed by atoms with Crippen LogP contribution in [0.4, 0.5) is 5.13 Å². The number of nitrogens with zero attached hydrogens (tertiary/aromatic N) is 2. The van der Waals surface area contributed by atoms with E-state index in [9.17, 15) is 0 Å². The Hall–Kier alpha value is -2.64. The van der Waals surface area contributed by atoms with Crippen molar-refractivity contribution in [2.75, 3.05) is 18.9 Å². The summed E-state index contributed by atoms with van der Waals surface area (Å²) in [7, 11) is 1.95. The second-order valence-corrected chi connectivity index (χ2v) is 7.03. The van der Waals surface area contributed by atoms with Crippen LogP contribution >= 0.6 is 11.3 Å². The average molecular weight is 352 g/mol. The van der Waals surface area contributed by atoms with Gasteiger partial charge >= 0.3 is 0 Å². The number of dihydropyridines is 1. The lowest BCUT2D eigenvalue weighted by molar-refractivity contribution is 0.754. The first-order chi connectivity index (χ1) is 12.2. The van der Waals surface area contributed by atoms with Crippen molar-refractivity contribution in [2.24, 2.45) is 0 Å². The standard InChI is InChI=1S/C18H20N6S/c1-11-14(10-21-24-11)13-3-4-15-16(8-13)25-18(22-15)23-17-7-12(9-19-2)5-6-20-17/h3-8,10,17,19-20H,9H2,1-2H3,(H,21,24)(H,22,23). The minimum Gasteiger partial charge on any atom is -0.368 e. The van der Waals surface area contributed by atoms with Gasteiger partial charge in [-0.15, -0.1) is 0 Å². The van der Waals surface area contributed by atoms with Crippen molar-refractivity contribution in [3.05, 3.63) is 54.0 Å². The van der Waals surface area contributed by atoms with Gasteiger partial charge in [-0.05, 0) is 55.6 Å². The third kappa shape index (κ3) is 3.29. The van der Waals surface area contributed by atoms with E-state index in [1.165, 1.54) is 5.57 Å². The van der Waals surface area contributed by atoms with Crippen LogP contribution in [0.1, 0.15) is 5.69 Å². The van der Waals surface area contributed by atoms with Crippen LogP contribution in [0.15, 0.2) is 48.3 Å². The van der Waals surface area contributed by atoms with Gasteiger partial charge in [-0.25, -0.2) is 4.98 Å². The van der Waals surface area contributed by atoms with Gasteiger partial charge in [-0.2, -0.15) is 5.10 Å². The Morgan fingerprint density at radius 1 is 1.32 bits per heavy atom. The molecule has 0 bridgehead atoms. The van der Waals surface area contributed by atoms with Gasteiger partial charge in [0.2, 0.25) is 0 Å². The van der Waals surface area contributed by atoms with Gasteiger partial charge in [-0.3, -0.25) is 5.10 Å². The minimum atomic E-state index is 0.0458. The summed E-state index contributed by atoms with van der Waals surface area (Å²) in [5, 5.41) is 17.9. The molecule has 1 unspecified atom stereocenters. The number of likely N-dealkylation sites (N-methyl/N-ethyl adjacent to an activating group) is 1. The molecular weight excluding hydrogens is 332 g/mol. The molecule has 0 aliphatic carbocycles. The lowest BCUT2D eigenvalue weighted by Crippen LogP contribution is -2.33. The number of hydrogen-bond acceptors (Lipinski definition) is 6. The highest BCUT2D eigenvalue weighted by atomic mass is 32.1. The summed E-state index contributed by atoms with van der Waals surface area (Å²) in [6, 6.07) is 6.33. The molecular formula is C18H20N6S. The molecule has 1 aromatic carbocycles. The molecule has 4 N–H and O–H groups in total. The molecule has 0 fully saturated rings. The van der Waals surface area contributed by atoms with Crippen LogP contribution in [0.2, 0.25) is 0 Å². The molecule has 0 saturated heterocycles. The topological polar surface area (TPSA) is 77.7 Å². The van der Waals surface area contributed by atoms with Gasteiger partial charge in [-0.1, -0.05) is 17.4 Å². The third-order valence-electron chi connectivity index (χ3n) is 4.14. The molecule has 0 radical (unpaired) electrons. The number of hydrogen-bond donors (Lipinski definition) is 4. The van der Waals surface area contributed by atoms with E-state index in [1.807, 2.05) is 26.4 Å². The van der Waals surface area contributed by atoms with E-state index in [0.29, 0.717) is 0 Å². The van der Waals surface area contributed by atoms with Gasteiger partial charge in [0.1, 0.15) is 6.17 Å². The zero-order valence-corrected chi connectivity index (χ0v) is 14.9. The molecule has 25 heavy (non-hydrogen) atoms. The van der Waals surface area contributed by atoms with Crippen molar-refractivity contribution in [3.8, 4) is 11.1 Å². The molecule has 2 aromatic heterocycles. The Balaban J connectivity index is 1.57. The zero-order valence-electron chi connectivity index (χ0n) is 14.1. The number of nitrogens with one attached hydrogen (secondary N) is 4. The van der Waals surface area contributed by atoms with Crippen molar-refractivity contribution < 1.29 is 0 Å². The second kappa shape index (κ2) is 6.70. The fourth-order valence-corrected chi connectivity index (χ4v) is 3.85. The van der Waals surface area contributed by atoms with Crippen LogP contribution in [0.25, 0.3) is 21.3 Å². The number of aryl methyl sites for hydroxylation is 1. The Morgan fingerprint density at radius 2 is 2.24 bits per heavy atom. The summed E-state index contributed by atoms with van der Waals surface area (Å²) in [5.74, 6) is 0. The first-order valence-electron chi connectivity index (χ1n) is 8.18. The highest BCUT2D eigenvalue weighted by Crippen LogP contribution is 2.31. The van der Waals surface area contributed by atoms with E-state index in [1.54, 1.807) is 11.3 Å². The summed E-state index contributed by atoms with van der Waals surface area (Å²) < 4.78 is 1.16. The third-order valence-corrected chi connectivity index (χ3v) is 5.09. The number of aromatic amines is 1. The molecule has 0 amide bonds. The van der Waals surface area contributed by atoms with Gasteiger partial charge in [0.25, 0.3) is 0 Å². The summed E-state index contributed by atoms with van der Waals surface area (Å²) in [6.07, 6.45) is 8.13. The van der Waals surface area contributed by atoms with E-state index in [-0.39, 0.29) is 6.17 Å². The number of benzene rings is 1. The Bertz CT molecular complexity index is 952. The Labute approximate surface area is 150 Å². The molecule has 0 saturated carbocycles. The molecule has 1 atom stereocenters. The number of thiazole rings is 1. The number of H-pyrrole nitrogens is 1. The van der Waals surface area contributed by atoms with Crippen molar-refractivity contribution in [1.29, 1.82) is 0 Å². The van der Waals surface area contributed by atoms with Crippen molar-refractivity contribution >= 4 is 26.7 Å². The smallest absolute Gasteiger partial charge is 0.185 e. The molecule has 7 heteroatoms. The van der Waals surface area contributed by atoms with Crippen LogP contribution in [0.3, 0.4) is 0 Å². The summed E-state index contributed by atoms with van der Waals surface area (Å²) in [6.45, 7) is 2.88. The summed E-state index contributed by atoms with van der Waals surface area (Å²) in [5.41, 5.74) is 5.61. The second-order valence-electron chi connectivity index (χ2n) is 6.00. The van der Waals surface area contributed by atoms with Crippen LogP contribution in [-0.2, 0) is 0 Å². The number of rotatable bonds is 5. The van der Waals surface area contributed by atoms with Crippen LogP contribution < -0.4 is 16.0 Å². The van der Waals surface area contributed by atoms with E-state index < -0.39 is 0 Å². The summed E-state index contributed by atoms with van der Waals surface area (Å²) in [4.78, 5) is 4.70. The average Bonchev–Trinajstić information content (AvgIpc) is 3.20. The van der Waals surface area contributed by atoms with Crippen molar-refractivity contribution in [1.82, 2.24) is 25.8 Å². The van der Waals surface area contributed by atoms with E-state index in [2.05, 4.69) is 56.5 Å². The first kappa shape index (κ1) is 15.9. The Kier molecular flexibility index (Phi) is 4.25. The minimum absolute atomic E-state index is 0.0458. The molecule has 128 valence electrons. The molecule has 3 heterocycles. The lowest BCUT2D eigenvalue weighted by atomic mass is 10.1. The van der Waals surface area contributed by atoms with Crippen LogP contribution in [-0.4, -0.2) is 34.9 Å². The SMILES string of the molecule is CNCC1=CC(Nc2nc3ccc(-c4cn[nH]c4C)cc3s2)NC=C1. The van der Waals surface area contributed by atoms with E-state index in [0.717, 1.165) is 38.7 Å². The van der Waals surface area contributed by atoms with Gasteiger partial charge in [0, 0.05) is 17.8 Å². The van der Waals surface area contributed by atoms with E-state index in [4.69, 9.17) is 4.98 Å². The maximum absolute atomic E-state index is 4.70. The highest BCUT2D eigenvalue weighted by molar-refractivity contribution is 7.22. The molecule has 3 aromatic rings. The predicted octanol–water partition coefficient (Wildman–Crippen LogP) is 3.00. The van der Waals surface area contributed by atoms with Crippen molar-refractivity contribution in [2.45, 2.75) is 13.1 Å². The van der Waals surface area contributed by atoms with E-state index >= 15 is 0 Å². The highest BCUT2D eigenvalue weighted by Gasteiger charge is 2.12. The maximum Gasteiger partial charge on any atom is 0.185 e. The largest absolute Gasteiger partial charge is 0.368 e. The predicted molar refractivity (Wildman–Crippen MR) is 104 cm³/mol. The quantitative estimate of drug-likeness (QED) is 0.568. The molecule has 1 aliphatic heterocycles. The fourth-order valence-electron chi connectivity index (χ4n) is 2.91. The Morgan fingerprint density at radius 3 is 3.04 bits per heavy atom. The first-order valence-corrected chi connectivity index (χ1v) is 9.00. The van der Waals surface area contributed by atoms with Crippen LogP contribution in [0.5, 0.6) is 0 Å². The summed E-state index contributed by atoms with van der Waals surface area (Å²) >= 11 is 1.66. The maximum atomic E-state index is 4.70. The van der Waals surface area contributed by atoms with Gasteiger partial charge in [0.05, 0.1) is 16.4 Å². The number of anilines is 1. The molecule has 6 nitrogen and oxygen atoms in total. The zero-order chi connectivity index (χ0) is 17.2. The van der Waals surface area contributed by atoms with Crippen LogP contribution in [0, 0.1) is 6.92 Å². The normalized spacial score (nSPS) is 16.7.